The second kappa shape index (κ2) is 5.87. The molecule has 0 amide bonds. The molecule has 0 aliphatic rings. The number of nitrogens with zero attached hydrogens (tertiary/aromatic N) is 1. The summed E-state index contributed by atoms with van der Waals surface area (Å²) in [6.07, 6.45) is 0. The van der Waals surface area contributed by atoms with Crippen molar-refractivity contribution in [2.24, 2.45) is 0 Å². The number of para-hydroxylation sites is 1. The first-order valence-electron chi connectivity index (χ1n) is 6.63. The van der Waals surface area contributed by atoms with Gasteiger partial charge in [-0.3, -0.25) is 9.82 Å². The molecule has 6 nitrogen and oxygen atoms in total. The predicted molar refractivity (Wildman–Crippen MR) is 80.6 cm³/mol. The smallest absolute Gasteiger partial charge is 0.265 e. The number of H-pyrrole nitrogens is 1. The van der Waals surface area contributed by atoms with Gasteiger partial charge in [-0.25, -0.2) is 8.42 Å². The maximum absolute atomic E-state index is 12.6. The van der Waals surface area contributed by atoms with Gasteiger partial charge >= 0.3 is 0 Å². The molecule has 21 heavy (non-hydrogen) atoms. The van der Waals surface area contributed by atoms with Gasteiger partial charge in [0.15, 0.2) is 0 Å². The summed E-state index contributed by atoms with van der Waals surface area (Å²) < 4.78 is 27.7. The van der Waals surface area contributed by atoms with Crippen molar-refractivity contribution in [3.05, 3.63) is 41.2 Å². The fraction of sp³-hybridized carbons (Fsp3) is 0.357. The molecule has 2 rings (SSSR count). The monoisotopic (exact) mass is 309 g/mol. The summed E-state index contributed by atoms with van der Waals surface area (Å²) in [7, 11) is -3.80. The van der Waals surface area contributed by atoms with E-state index in [1.54, 1.807) is 19.1 Å². The number of aliphatic hydroxyl groups is 1. The van der Waals surface area contributed by atoms with Crippen LogP contribution in [0.2, 0.25) is 0 Å². The Balaban J connectivity index is 2.45. The van der Waals surface area contributed by atoms with Gasteiger partial charge in [0.25, 0.3) is 10.0 Å². The standard InChI is InChI=1S/C14H19N3O3S/c1-9(2)11-6-4-5-7-12(11)17-21(19,20)14-10(3)15-16-13(14)8-18/h4-7,9,17-18H,8H2,1-3H3,(H,15,16). The lowest BCUT2D eigenvalue weighted by molar-refractivity contribution is 0.273. The second-order valence-corrected chi connectivity index (χ2v) is 6.75. The zero-order valence-corrected chi connectivity index (χ0v) is 13.0. The van der Waals surface area contributed by atoms with Gasteiger partial charge in [0, 0.05) is 0 Å². The Morgan fingerprint density at radius 2 is 2.00 bits per heavy atom. The Morgan fingerprint density at radius 3 is 2.62 bits per heavy atom. The van der Waals surface area contributed by atoms with Crippen LogP contribution in [0.5, 0.6) is 0 Å². The highest BCUT2D eigenvalue weighted by Gasteiger charge is 2.25. The van der Waals surface area contributed by atoms with Crippen molar-refractivity contribution >= 4 is 15.7 Å². The van der Waals surface area contributed by atoms with E-state index in [9.17, 15) is 13.5 Å². The van der Waals surface area contributed by atoms with Gasteiger partial charge in [0.2, 0.25) is 0 Å². The molecule has 2 aromatic rings. The number of rotatable bonds is 5. The topological polar surface area (TPSA) is 95.1 Å². The number of aliphatic hydroxyl groups excluding tert-OH is 1. The second-order valence-electron chi connectivity index (χ2n) is 5.13. The molecule has 0 aliphatic heterocycles. The lowest BCUT2D eigenvalue weighted by Gasteiger charge is -2.15. The van der Waals surface area contributed by atoms with Crippen LogP contribution in [-0.4, -0.2) is 23.7 Å². The first kappa shape index (κ1) is 15.5. The van der Waals surface area contributed by atoms with Crippen LogP contribution in [-0.2, 0) is 16.6 Å². The van der Waals surface area contributed by atoms with Crippen LogP contribution in [0.1, 0.15) is 36.7 Å². The largest absolute Gasteiger partial charge is 0.390 e. The Hall–Kier alpha value is -1.86. The molecule has 1 heterocycles. The number of aromatic amines is 1. The molecular weight excluding hydrogens is 290 g/mol. The average Bonchev–Trinajstić information content (AvgIpc) is 2.80. The SMILES string of the molecule is Cc1[nH]nc(CO)c1S(=O)(=O)Nc1ccccc1C(C)C. The Labute approximate surface area is 124 Å². The molecule has 0 saturated heterocycles. The fourth-order valence-electron chi connectivity index (χ4n) is 2.22. The van der Waals surface area contributed by atoms with Crippen molar-refractivity contribution in [1.29, 1.82) is 0 Å². The van der Waals surface area contributed by atoms with Crippen molar-refractivity contribution in [2.75, 3.05) is 4.72 Å². The van der Waals surface area contributed by atoms with Crippen LogP contribution in [0.25, 0.3) is 0 Å². The predicted octanol–water partition coefficient (Wildman–Crippen LogP) is 2.13. The maximum Gasteiger partial charge on any atom is 0.265 e. The highest BCUT2D eigenvalue weighted by Crippen LogP contribution is 2.27. The van der Waals surface area contributed by atoms with Gasteiger partial charge in [-0.1, -0.05) is 32.0 Å². The number of aromatic nitrogens is 2. The third-order valence-electron chi connectivity index (χ3n) is 3.21. The van der Waals surface area contributed by atoms with Gasteiger partial charge in [0.1, 0.15) is 10.6 Å². The van der Waals surface area contributed by atoms with Crippen molar-refractivity contribution in [3.63, 3.8) is 0 Å². The Kier molecular flexibility index (Phi) is 4.34. The molecule has 0 bridgehead atoms. The van der Waals surface area contributed by atoms with Crippen molar-refractivity contribution in [3.8, 4) is 0 Å². The summed E-state index contributed by atoms with van der Waals surface area (Å²) in [6.45, 7) is 5.16. The number of hydrogen-bond acceptors (Lipinski definition) is 4. The van der Waals surface area contributed by atoms with Crippen molar-refractivity contribution in [1.82, 2.24) is 10.2 Å². The van der Waals surface area contributed by atoms with Gasteiger partial charge in [0.05, 0.1) is 18.0 Å². The van der Waals surface area contributed by atoms with E-state index in [1.165, 1.54) is 0 Å². The summed E-state index contributed by atoms with van der Waals surface area (Å²) in [5.74, 6) is 0.187. The molecule has 0 saturated carbocycles. The van der Waals surface area contributed by atoms with Gasteiger partial charge in [-0.15, -0.1) is 0 Å². The normalized spacial score (nSPS) is 11.9. The molecule has 0 fully saturated rings. The van der Waals surface area contributed by atoms with E-state index in [0.29, 0.717) is 11.4 Å². The Bertz CT molecular complexity index is 736. The summed E-state index contributed by atoms with van der Waals surface area (Å²) in [5, 5.41) is 15.6. The van der Waals surface area contributed by atoms with Gasteiger partial charge in [-0.2, -0.15) is 5.10 Å². The molecular formula is C14H19N3O3S. The summed E-state index contributed by atoms with van der Waals surface area (Å²) in [5.41, 5.74) is 1.96. The summed E-state index contributed by atoms with van der Waals surface area (Å²) in [4.78, 5) is 0.00330. The summed E-state index contributed by atoms with van der Waals surface area (Å²) >= 11 is 0. The highest BCUT2D eigenvalue weighted by molar-refractivity contribution is 7.92. The minimum atomic E-state index is -3.80. The molecule has 0 aliphatic carbocycles. The third kappa shape index (κ3) is 3.08. The molecule has 0 radical (unpaired) electrons. The average molecular weight is 309 g/mol. The van der Waals surface area contributed by atoms with E-state index >= 15 is 0 Å². The van der Waals surface area contributed by atoms with Gasteiger partial charge < -0.3 is 5.11 Å². The van der Waals surface area contributed by atoms with E-state index < -0.39 is 16.6 Å². The van der Waals surface area contributed by atoms with Crippen LogP contribution < -0.4 is 4.72 Å². The van der Waals surface area contributed by atoms with Crippen LogP contribution in [0, 0.1) is 6.92 Å². The quantitative estimate of drug-likeness (QED) is 0.788. The number of benzene rings is 1. The van der Waals surface area contributed by atoms with Gasteiger partial charge in [-0.05, 0) is 24.5 Å². The molecule has 0 spiro atoms. The molecule has 1 aromatic carbocycles. The molecule has 1 aromatic heterocycles. The highest BCUT2D eigenvalue weighted by atomic mass is 32.2. The molecule has 0 atom stereocenters. The number of sulfonamides is 1. The zero-order valence-electron chi connectivity index (χ0n) is 12.2. The minimum absolute atomic E-state index is 0.00330. The van der Waals surface area contributed by atoms with E-state index in [0.717, 1.165) is 5.56 Å². The fourth-order valence-corrected chi connectivity index (χ4v) is 3.67. The first-order valence-corrected chi connectivity index (χ1v) is 8.11. The van der Waals surface area contributed by atoms with Crippen LogP contribution in [0.3, 0.4) is 0 Å². The van der Waals surface area contributed by atoms with Crippen LogP contribution in [0.4, 0.5) is 5.69 Å². The number of nitrogens with one attached hydrogen (secondary N) is 2. The van der Waals surface area contributed by atoms with Crippen molar-refractivity contribution in [2.45, 2.75) is 38.2 Å². The first-order chi connectivity index (χ1) is 9.86. The lowest BCUT2D eigenvalue weighted by Crippen LogP contribution is -2.16. The molecule has 114 valence electrons. The summed E-state index contributed by atoms with van der Waals surface area (Å²) in [6, 6.07) is 7.26. The number of hydrogen-bond donors (Lipinski definition) is 3. The van der Waals surface area contributed by atoms with E-state index in [2.05, 4.69) is 14.9 Å². The van der Waals surface area contributed by atoms with E-state index in [-0.39, 0.29) is 16.5 Å². The maximum atomic E-state index is 12.6. The lowest BCUT2D eigenvalue weighted by atomic mass is 10.0. The molecule has 7 heteroatoms. The third-order valence-corrected chi connectivity index (χ3v) is 4.77. The molecule has 0 unspecified atom stereocenters. The minimum Gasteiger partial charge on any atom is -0.390 e. The van der Waals surface area contributed by atoms with E-state index in [4.69, 9.17) is 0 Å². The zero-order chi connectivity index (χ0) is 15.6. The van der Waals surface area contributed by atoms with Crippen molar-refractivity contribution < 1.29 is 13.5 Å². The number of anilines is 1. The Morgan fingerprint density at radius 1 is 1.33 bits per heavy atom. The molecule has 3 N–H and O–H groups in total. The van der Waals surface area contributed by atoms with Crippen LogP contribution >= 0.6 is 0 Å². The van der Waals surface area contributed by atoms with E-state index in [1.807, 2.05) is 26.0 Å². The van der Waals surface area contributed by atoms with Crippen LogP contribution in [0.15, 0.2) is 29.2 Å². The number of aryl methyl sites for hydroxylation is 1.